The molecule has 0 aliphatic heterocycles. The maximum atomic E-state index is 14.0. The predicted molar refractivity (Wildman–Crippen MR) is 96.1 cm³/mol. The summed E-state index contributed by atoms with van der Waals surface area (Å²) in [6.07, 6.45) is 0. The predicted octanol–water partition coefficient (Wildman–Crippen LogP) is 6.53. The van der Waals surface area contributed by atoms with Gasteiger partial charge in [0.1, 0.15) is 22.6 Å². The number of nitrogens with zero attached hydrogens (tertiary/aromatic N) is 2. The van der Waals surface area contributed by atoms with Gasteiger partial charge in [-0.2, -0.15) is 0 Å². The molecule has 0 spiro atoms. The zero-order valence-electron chi connectivity index (χ0n) is 12.6. The van der Waals surface area contributed by atoms with E-state index in [1.54, 1.807) is 25.1 Å². The van der Waals surface area contributed by atoms with Gasteiger partial charge < -0.3 is 4.74 Å². The van der Waals surface area contributed by atoms with Crippen LogP contribution in [0.15, 0.2) is 30.3 Å². The monoisotopic (exact) mass is 396 g/mol. The Balaban J connectivity index is 1.87. The second-order valence-corrected chi connectivity index (χ2v) is 7.20. The van der Waals surface area contributed by atoms with Gasteiger partial charge in [0.25, 0.3) is 5.19 Å². The smallest absolute Gasteiger partial charge is 0.279 e. The van der Waals surface area contributed by atoms with E-state index < -0.39 is 11.6 Å². The van der Waals surface area contributed by atoms with Crippen LogP contribution in [0.3, 0.4) is 0 Å². The zero-order valence-corrected chi connectivity index (χ0v) is 14.9. The average molecular weight is 397 g/mol. The zero-order chi connectivity index (χ0) is 17.7. The number of benzene rings is 2. The van der Waals surface area contributed by atoms with Crippen LogP contribution in [0.4, 0.5) is 8.78 Å². The Morgan fingerprint density at radius 1 is 1.00 bits per heavy atom. The molecule has 0 N–H and O–H groups in total. The first-order valence-electron chi connectivity index (χ1n) is 7.10. The molecular weight excluding hydrogens is 389 g/mol. The number of rotatable bonds is 2. The molecule has 4 aromatic rings. The first-order valence-corrected chi connectivity index (χ1v) is 8.68. The number of hydrogen-bond acceptors (Lipinski definition) is 4. The van der Waals surface area contributed by atoms with Crippen molar-refractivity contribution in [3.8, 4) is 10.9 Å². The van der Waals surface area contributed by atoms with Gasteiger partial charge in [-0.25, -0.2) is 18.7 Å². The van der Waals surface area contributed by atoms with Crippen LogP contribution in [0, 0.1) is 18.6 Å². The molecule has 25 heavy (non-hydrogen) atoms. The van der Waals surface area contributed by atoms with Gasteiger partial charge in [-0.15, -0.1) is 0 Å². The maximum Gasteiger partial charge on any atom is 0.279 e. The van der Waals surface area contributed by atoms with Gasteiger partial charge in [0.15, 0.2) is 5.82 Å². The molecule has 0 aliphatic rings. The van der Waals surface area contributed by atoms with Crippen LogP contribution in [0.2, 0.25) is 10.0 Å². The quantitative estimate of drug-likeness (QED) is 0.386. The molecule has 2 aromatic heterocycles. The molecule has 0 aliphatic carbocycles. The number of halogens is 4. The molecule has 4 rings (SSSR count). The Labute approximate surface area is 154 Å². The molecule has 0 saturated heterocycles. The van der Waals surface area contributed by atoms with Crippen molar-refractivity contribution in [2.24, 2.45) is 0 Å². The molecule has 8 heteroatoms. The minimum atomic E-state index is -0.748. The highest BCUT2D eigenvalue weighted by atomic mass is 35.5. The fourth-order valence-corrected chi connectivity index (χ4v) is 4.05. The molecule has 0 unspecified atom stereocenters. The summed E-state index contributed by atoms with van der Waals surface area (Å²) in [4.78, 5) is 8.44. The number of ether oxygens (including phenoxy) is 1. The summed E-state index contributed by atoms with van der Waals surface area (Å²) in [5, 5.41) is 1.41. The Hall–Kier alpha value is -2.02. The average Bonchev–Trinajstić information content (AvgIpc) is 2.91. The Morgan fingerprint density at radius 3 is 2.60 bits per heavy atom. The van der Waals surface area contributed by atoms with Gasteiger partial charge in [0.05, 0.1) is 9.72 Å². The van der Waals surface area contributed by atoms with Gasteiger partial charge in [-0.3, -0.25) is 0 Å². The van der Waals surface area contributed by atoms with Crippen molar-refractivity contribution >= 4 is 55.7 Å². The summed E-state index contributed by atoms with van der Waals surface area (Å²) >= 11 is 13.4. The molecule has 0 bridgehead atoms. The lowest BCUT2D eigenvalue weighted by atomic mass is 10.1. The minimum absolute atomic E-state index is 0.0404. The van der Waals surface area contributed by atoms with Gasteiger partial charge in [-0.1, -0.05) is 34.5 Å². The molecule has 126 valence electrons. The Kier molecular flexibility index (Phi) is 3.98. The molecule has 2 aromatic carbocycles. The lowest BCUT2D eigenvalue weighted by molar-refractivity contribution is 0.484. The topological polar surface area (TPSA) is 35.0 Å². The maximum absolute atomic E-state index is 14.0. The largest absolute Gasteiger partial charge is 0.430 e. The fraction of sp³-hybridized carbons (Fsp3) is 0.0588. The lowest BCUT2D eigenvalue weighted by Crippen LogP contribution is -1.94. The highest BCUT2D eigenvalue weighted by molar-refractivity contribution is 7.20. The third-order valence-electron chi connectivity index (χ3n) is 3.51. The summed E-state index contributed by atoms with van der Waals surface area (Å²) in [6, 6.07) is 6.88. The standard InChI is InChI=1S/C17H8Cl2F2N2OS/c1-7-2-13(10-5-9(20)6-12(21)15(10)22-7)24-17-23-16-11(19)3-8(18)4-14(16)25-17/h2-6H,1H3. The molecule has 0 fully saturated rings. The van der Waals surface area contributed by atoms with Crippen LogP contribution in [0.1, 0.15) is 5.69 Å². The van der Waals surface area contributed by atoms with Crippen LogP contribution in [0.5, 0.6) is 10.9 Å². The molecule has 0 saturated carbocycles. The van der Waals surface area contributed by atoms with Crippen molar-refractivity contribution in [3.05, 3.63) is 57.7 Å². The van der Waals surface area contributed by atoms with E-state index in [0.29, 0.717) is 21.3 Å². The number of hydrogen-bond donors (Lipinski definition) is 0. The van der Waals surface area contributed by atoms with E-state index in [4.69, 9.17) is 27.9 Å². The van der Waals surface area contributed by atoms with Crippen molar-refractivity contribution in [1.82, 2.24) is 9.97 Å². The normalized spacial score (nSPS) is 11.4. The summed E-state index contributed by atoms with van der Waals surface area (Å²) in [6.45, 7) is 1.70. The Bertz CT molecular complexity index is 1150. The van der Waals surface area contributed by atoms with Crippen LogP contribution >= 0.6 is 34.5 Å². The number of pyridine rings is 1. The van der Waals surface area contributed by atoms with Crippen LogP contribution in [-0.4, -0.2) is 9.97 Å². The first-order chi connectivity index (χ1) is 11.9. The minimum Gasteiger partial charge on any atom is -0.430 e. The van der Waals surface area contributed by atoms with E-state index in [0.717, 1.165) is 10.8 Å². The van der Waals surface area contributed by atoms with Crippen molar-refractivity contribution in [1.29, 1.82) is 0 Å². The molecule has 2 heterocycles. The summed E-state index contributed by atoms with van der Waals surface area (Å²) in [5.41, 5.74) is 1.13. The third kappa shape index (κ3) is 3.01. The summed E-state index contributed by atoms with van der Waals surface area (Å²) < 4.78 is 34.2. The van der Waals surface area contributed by atoms with Crippen LogP contribution < -0.4 is 4.74 Å². The molecule has 0 amide bonds. The number of aromatic nitrogens is 2. The molecule has 3 nitrogen and oxygen atoms in total. The SMILES string of the molecule is Cc1cc(Oc2nc3c(Cl)cc(Cl)cc3s2)c2cc(F)cc(F)c2n1. The highest BCUT2D eigenvalue weighted by Gasteiger charge is 2.15. The van der Waals surface area contributed by atoms with Crippen molar-refractivity contribution in [2.75, 3.05) is 0 Å². The van der Waals surface area contributed by atoms with Crippen molar-refractivity contribution in [3.63, 3.8) is 0 Å². The van der Waals surface area contributed by atoms with Gasteiger partial charge in [-0.05, 0) is 25.1 Å². The van der Waals surface area contributed by atoms with Gasteiger partial charge in [0.2, 0.25) is 0 Å². The van der Waals surface area contributed by atoms with E-state index >= 15 is 0 Å². The number of aryl methyl sites for hydroxylation is 1. The van der Waals surface area contributed by atoms with E-state index in [-0.39, 0.29) is 21.8 Å². The van der Waals surface area contributed by atoms with Crippen molar-refractivity contribution < 1.29 is 13.5 Å². The Morgan fingerprint density at radius 2 is 1.80 bits per heavy atom. The number of fused-ring (bicyclic) bond motifs is 2. The van der Waals surface area contributed by atoms with Gasteiger partial charge >= 0.3 is 0 Å². The lowest BCUT2D eigenvalue weighted by Gasteiger charge is -2.08. The van der Waals surface area contributed by atoms with E-state index in [1.165, 1.54) is 17.4 Å². The first kappa shape index (κ1) is 16.4. The summed E-state index contributed by atoms with van der Waals surface area (Å²) in [5.74, 6) is -1.19. The van der Waals surface area contributed by atoms with Crippen molar-refractivity contribution in [2.45, 2.75) is 6.92 Å². The second kappa shape index (κ2) is 6.05. The van der Waals surface area contributed by atoms with Crippen LogP contribution in [-0.2, 0) is 0 Å². The second-order valence-electron chi connectivity index (χ2n) is 5.36. The fourth-order valence-electron chi connectivity index (χ4n) is 2.50. The molecular formula is C17H8Cl2F2N2OS. The van der Waals surface area contributed by atoms with E-state index in [9.17, 15) is 8.78 Å². The van der Waals surface area contributed by atoms with E-state index in [1.807, 2.05) is 0 Å². The number of thiazole rings is 1. The van der Waals surface area contributed by atoms with E-state index in [2.05, 4.69) is 9.97 Å². The van der Waals surface area contributed by atoms with Crippen LogP contribution in [0.25, 0.3) is 21.1 Å². The molecule has 0 radical (unpaired) electrons. The summed E-state index contributed by atoms with van der Waals surface area (Å²) in [7, 11) is 0. The molecule has 0 atom stereocenters. The van der Waals surface area contributed by atoms with Gasteiger partial charge in [0, 0.05) is 28.2 Å². The highest BCUT2D eigenvalue weighted by Crippen LogP contribution is 2.38. The third-order valence-corrected chi connectivity index (χ3v) is 4.90.